The average Bonchev–Trinajstić information content (AvgIpc) is 2.76. The van der Waals surface area contributed by atoms with Crippen molar-refractivity contribution in [2.75, 3.05) is 6.54 Å². The third-order valence-electron chi connectivity index (χ3n) is 1.92. The molecule has 0 aliphatic carbocycles. The van der Waals surface area contributed by atoms with E-state index < -0.39 is 18.3 Å². The fourth-order valence-corrected chi connectivity index (χ4v) is 1.03. The van der Waals surface area contributed by atoms with Crippen LogP contribution in [0.15, 0.2) is 6.33 Å². The van der Waals surface area contributed by atoms with Crippen molar-refractivity contribution in [2.45, 2.75) is 25.2 Å². The van der Waals surface area contributed by atoms with Gasteiger partial charge in [0.1, 0.15) is 12.2 Å². The third-order valence-corrected chi connectivity index (χ3v) is 1.92. The fraction of sp³-hybridized carbons (Fsp3) is 0.625. The molecule has 0 saturated carbocycles. The lowest BCUT2D eigenvalue weighted by molar-refractivity contribution is -0.169. The summed E-state index contributed by atoms with van der Waals surface area (Å²) in [5, 5.41) is 7.82. The Kier molecular flexibility index (Phi) is 4.41. The second-order valence-electron chi connectivity index (χ2n) is 3.22. The van der Waals surface area contributed by atoms with E-state index in [0.717, 1.165) is 0 Å². The summed E-state index contributed by atoms with van der Waals surface area (Å²) in [5.41, 5.74) is 0. The van der Waals surface area contributed by atoms with Crippen LogP contribution in [-0.2, 0) is 11.2 Å². The number of aromatic nitrogens is 3. The molecule has 0 aliphatic rings. The maximum absolute atomic E-state index is 12.4. The number of rotatable bonds is 6. The number of hydrogen-bond donors (Lipinski definition) is 2. The van der Waals surface area contributed by atoms with E-state index in [-0.39, 0.29) is 6.54 Å². The van der Waals surface area contributed by atoms with Gasteiger partial charge in [0.25, 0.3) is 5.91 Å². The Morgan fingerprint density at radius 2 is 2.24 bits per heavy atom. The molecule has 0 aromatic carbocycles. The minimum Gasteiger partial charge on any atom is -0.351 e. The second-order valence-corrected chi connectivity index (χ2v) is 3.22. The molecule has 0 spiro atoms. The fourth-order valence-electron chi connectivity index (χ4n) is 1.03. The van der Waals surface area contributed by atoms with Crippen LogP contribution in [0.25, 0.3) is 0 Å². The highest BCUT2D eigenvalue weighted by molar-refractivity contribution is 5.83. The largest absolute Gasteiger partial charge is 0.383 e. The monoisotopic (exact) mass is 254 g/mol. The minimum atomic E-state index is -4.65. The molecule has 9 heteroatoms. The van der Waals surface area contributed by atoms with E-state index in [1.54, 1.807) is 5.32 Å². The van der Waals surface area contributed by atoms with Gasteiger partial charge in [-0.05, 0) is 6.42 Å². The van der Waals surface area contributed by atoms with Crippen LogP contribution in [0, 0.1) is 0 Å². The molecule has 2 N–H and O–H groups in total. The Morgan fingerprint density at radius 3 is 2.76 bits per heavy atom. The Bertz CT molecular complexity index is 354. The van der Waals surface area contributed by atoms with E-state index in [4.69, 9.17) is 0 Å². The van der Waals surface area contributed by atoms with Crippen LogP contribution in [-0.4, -0.2) is 40.0 Å². The van der Waals surface area contributed by atoms with Crippen molar-refractivity contribution < 1.29 is 22.4 Å². The molecule has 1 heterocycles. The van der Waals surface area contributed by atoms with E-state index in [0.29, 0.717) is 18.7 Å². The van der Waals surface area contributed by atoms with Crippen molar-refractivity contribution >= 4 is 5.91 Å². The van der Waals surface area contributed by atoms with Gasteiger partial charge < -0.3 is 5.32 Å². The lowest BCUT2D eigenvalue weighted by atomic mass is 10.2. The van der Waals surface area contributed by atoms with Crippen molar-refractivity contribution in [3.63, 3.8) is 0 Å². The number of carbonyl (C=O) groups excluding carboxylic acids is 1. The third kappa shape index (κ3) is 3.68. The van der Waals surface area contributed by atoms with Crippen molar-refractivity contribution in [3.8, 4) is 0 Å². The predicted octanol–water partition coefficient (Wildman–Crippen LogP) is 0.754. The summed E-state index contributed by atoms with van der Waals surface area (Å²) in [5.74, 6) is -6.09. The van der Waals surface area contributed by atoms with E-state index in [9.17, 15) is 22.4 Å². The normalized spacial score (nSPS) is 11.8. The molecule has 1 aromatic rings. The molecule has 1 rings (SSSR count). The van der Waals surface area contributed by atoms with Crippen molar-refractivity contribution in [1.82, 2.24) is 20.5 Å². The van der Waals surface area contributed by atoms with Gasteiger partial charge in [-0.2, -0.15) is 13.9 Å². The average molecular weight is 254 g/mol. The summed E-state index contributed by atoms with van der Waals surface area (Å²) < 4.78 is 48.4. The Labute approximate surface area is 93.6 Å². The van der Waals surface area contributed by atoms with Gasteiger partial charge in [0.15, 0.2) is 0 Å². The molecule has 5 nitrogen and oxygen atoms in total. The number of alkyl halides is 4. The van der Waals surface area contributed by atoms with Crippen molar-refractivity contribution in [3.05, 3.63) is 12.2 Å². The van der Waals surface area contributed by atoms with Crippen LogP contribution < -0.4 is 5.32 Å². The highest BCUT2D eigenvalue weighted by atomic mass is 19.3. The van der Waals surface area contributed by atoms with Gasteiger partial charge >= 0.3 is 12.3 Å². The molecule has 0 atom stereocenters. The van der Waals surface area contributed by atoms with Crippen LogP contribution >= 0.6 is 0 Å². The van der Waals surface area contributed by atoms with Crippen LogP contribution in [0.2, 0.25) is 0 Å². The smallest absolute Gasteiger partial charge is 0.351 e. The molecule has 0 unspecified atom stereocenters. The number of aryl methyl sites for hydroxylation is 1. The van der Waals surface area contributed by atoms with Gasteiger partial charge in [0.2, 0.25) is 0 Å². The van der Waals surface area contributed by atoms with E-state index >= 15 is 0 Å². The van der Waals surface area contributed by atoms with E-state index in [2.05, 4.69) is 15.2 Å². The highest BCUT2D eigenvalue weighted by Crippen LogP contribution is 2.22. The first-order valence-electron chi connectivity index (χ1n) is 4.73. The van der Waals surface area contributed by atoms with Gasteiger partial charge in [-0.1, -0.05) is 0 Å². The molecule has 96 valence electrons. The molecule has 0 fully saturated rings. The molecule has 1 aromatic heterocycles. The van der Waals surface area contributed by atoms with Crippen LogP contribution in [0.3, 0.4) is 0 Å². The van der Waals surface area contributed by atoms with Gasteiger partial charge in [0.05, 0.1) is 0 Å². The van der Waals surface area contributed by atoms with Gasteiger partial charge in [-0.25, -0.2) is 13.8 Å². The van der Waals surface area contributed by atoms with Crippen LogP contribution in [0.5, 0.6) is 0 Å². The maximum atomic E-state index is 12.4. The molecule has 17 heavy (non-hydrogen) atoms. The number of nitrogens with zero attached hydrogens (tertiary/aromatic N) is 2. The SMILES string of the molecule is O=C(NCCCc1ncn[nH]1)C(F)(F)C(F)F. The topological polar surface area (TPSA) is 70.7 Å². The summed E-state index contributed by atoms with van der Waals surface area (Å²) >= 11 is 0. The molecule has 0 radical (unpaired) electrons. The molecular weight excluding hydrogens is 244 g/mol. The molecule has 0 saturated heterocycles. The molecule has 0 bridgehead atoms. The number of hydrogen-bond acceptors (Lipinski definition) is 3. The van der Waals surface area contributed by atoms with Crippen molar-refractivity contribution in [2.24, 2.45) is 0 Å². The van der Waals surface area contributed by atoms with E-state index in [1.807, 2.05) is 0 Å². The molecule has 1 amide bonds. The zero-order chi connectivity index (χ0) is 12.9. The summed E-state index contributed by atoms with van der Waals surface area (Å²) in [6.45, 7) is -0.137. The van der Waals surface area contributed by atoms with Crippen LogP contribution in [0.1, 0.15) is 12.2 Å². The van der Waals surface area contributed by atoms with Gasteiger partial charge in [0, 0.05) is 13.0 Å². The first-order chi connectivity index (χ1) is 7.94. The summed E-state index contributed by atoms with van der Waals surface area (Å²) in [4.78, 5) is 14.5. The van der Waals surface area contributed by atoms with Crippen molar-refractivity contribution in [1.29, 1.82) is 0 Å². The number of halogens is 4. The summed E-state index contributed by atoms with van der Waals surface area (Å²) in [6.07, 6.45) is -2.06. The maximum Gasteiger partial charge on any atom is 0.383 e. The number of H-pyrrole nitrogens is 1. The molecule has 0 aliphatic heterocycles. The minimum absolute atomic E-state index is 0.137. The zero-order valence-corrected chi connectivity index (χ0v) is 8.59. The lowest BCUT2D eigenvalue weighted by Gasteiger charge is -2.14. The standard InChI is InChI=1S/C8H10F4N4O/c9-6(10)8(11,12)7(17)13-3-1-2-5-14-4-15-16-5/h4,6H,1-3H2,(H,13,17)(H,14,15,16). The number of carbonyl (C=O) groups is 1. The lowest BCUT2D eigenvalue weighted by Crippen LogP contribution is -2.45. The van der Waals surface area contributed by atoms with E-state index in [1.165, 1.54) is 6.33 Å². The first kappa shape index (κ1) is 13.4. The second kappa shape index (κ2) is 5.60. The van der Waals surface area contributed by atoms with Crippen LogP contribution in [0.4, 0.5) is 17.6 Å². The highest BCUT2D eigenvalue weighted by Gasteiger charge is 2.48. The first-order valence-corrected chi connectivity index (χ1v) is 4.73. The summed E-state index contributed by atoms with van der Waals surface area (Å²) in [7, 11) is 0. The quantitative estimate of drug-likeness (QED) is 0.581. The Hall–Kier alpha value is -1.67. The number of nitrogens with one attached hydrogen (secondary N) is 2. The van der Waals surface area contributed by atoms with Gasteiger partial charge in [-0.3, -0.25) is 9.89 Å². The predicted molar refractivity (Wildman–Crippen MR) is 48.7 cm³/mol. The number of aromatic amines is 1. The Balaban J connectivity index is 2.25. The molecular formula is C8H10F4N4O. The summed E-state index contributed by atoms with van der Waals surface area (Å²) in [6, 6.07) is 0. The zero-order valence-electron chi connectivity index (χ0n) is 8.59. The Morgan fingerprint density at radius 1 is 1.53 bits per heavy atom. The number of amides is 1. The van der Waals surface area contributed by atoms with Gasteiger partial charge in [-0.15, -0.1) is 0 Å².